The Morgan fingerprint density at radius 3 is 2.36 bits per heavy atom. The van der Waals surface area contributed by atoms with E-state index in [0.29, 0.717) is 11.5 Å². The van der Waals surface area contributed by atoms with Crippen LogP contribution < -0.4 is 16.0 Å². The van der Waals surface area contributed by atoms with Crippen molar-refractivity contribution in [2.45, 2.75) is 6.92 Å². The maximum absolute atomic E-state index is 5.96. The molecule has 2 aromatic rings. The quantitative estimate of drug-likeness (QED) is 0.911. The van der Waals surface area contributed by atoms with E-state index in [4.69, 9.17) is 5.73 Å². The number of anilines is 4. The van der Waals surface area contributed by atoms with E-state index in [9.17, 15) is 0 Å². The van der Waals surface area contributed by atoms with Gasteiger partial charge in [-0.1, -0.05) is 0 Å². The standard InChI is InChI=1S/C17H23N5/c1-13-3-8-16(18)17(19-13)20-14-4-6-15(7-5-14)22-11-9-21(2)10-12-22/h3-8H,9-12,18H2,1-2H3,(H,19,20). The molecule has 0 spiro atoms. The lowest BCUT2D eigenvalue weighted by molar-refractivity contribution is 0.313. The number of benzene rings is 1. The molecule has 1 aliphatic heterocycles. The van der Waals surface area contributed by atoms with Crippen molar-refractivity contribution in [2.24, 2.45) is 0 Å². The number of aromatic nitrogens is 1. The SMILES string of the molecule is Cc1ccc(N)c(Nc2ccc(N3CCN(C)CC3)cc2)n1. The number of nitrogens with two attached hydrogens (primary N) is 1. The molecule has 0 aliphatic carbocycles. The third kappa shape index (κ3) is 3.31. The highest BCUT2D eigenvalue weighted by molar-refractivity contribution is 5.69. The molecule has 2 heterocycles. The zero-order chi connectivity index (χ0) is 15.5. The Bertz CT molecular complexity index is 630. The van der Waals surface area contributed by atoms with Gasteiger partial charge in [-0.05, 0) is 50.4 Å². The number of rotatable bonds is 3. The summed E-state index contributed by atoms with van der Waals surface area (Å²) >= 11 is 0. The largest absolute Gasteiger partial charge is 0.396 e. The van der Waals surface area contributed by atoms with Crippen LogP contribution in [0.15, 0.2) is 36.4 Å². The Kier molecular flexibility index (Phi) is 4.15. The Hall–Kier alpha value is -2.27. The number of nitrogens with zero attached hydrogens (tertiary/aromatic N) is 3. The van der Waals surface area contributed by atoms with Gasteiger partial charge in [0.05, 0.1) is 5.69 Å². The molecule has 0 radical (unpaired) electrons. The van der Waals surface area contributed by atoms with Crippen molar-refractivity contribution in [1.82, 2.24) is 9.88 Å². The molecule has 1 saturated heterocycles. The van der Waals surface area contributed by atoms with Crippen LogP contribution in [-0.4, -0.2) is 43.1 Å². The first-order valence-corrected chi connectivity index (χ1v) is 7.65. The van der Waals surface area contributed by atoms with Crippen LogP contribution in [0.2, 0.25) is 0 Å². The Balaban J connectivity index is 1.70. The minimum atomic E-state index is 0.661. The summed E-state index contributed by atoms with van der Waals surface area (Å²) in [4.78, 5) is 9.22. The molecule has 0 saturated carbocycles. The normalized spacial score (nSPS) is 15.8. The highest BCUT2D eigenvalue weighted by Gasteiger charge is 2.14. The first kappa shape index (κ1) is 14.7. The molecule has 0 atom stereocenters. The van der Waals surface area contributed by atoms with Crippen molar-refractivity contribution in [1.29, 1.82) is 0 Å². The maximum atomic E-state index is 5.96. The molecule has 22 heavy (non-hydrogen) atoms. The van der Waals surface area contributed by atoms with Gasteiger partial charge in [-0.15, -0.1) is 0 Å². The minimum Gasteiger partial charge on any atom is -0.396 e. The van der Waals surface area contributed by atoms with Crippen molar-refractivity contribution in [3.05, 3.63) is 42.1 Å². The summed E-state index contributed by atoms with van der Waals surface area (Å²) in [6.07, 6.45) is 0. The van der Waals surface area contributed by atoms with E-state index in [2.05, 4.69) is 51.4 Å². The van der Waals surface area contributed by atoms with Gasteiger partial charge in [0.2, 0.25) is 0 Å². The van der Waals surface area contributed by atoms with Crippen LogP contribution in [0.3, 0.4) is 0 Å². The first-order chi connectivity index (χ1) is 10.6. The number of piperazine rings is 1. The van der Waals surface area contributed by atoms with Crippen molar-refractivity contribution in [3.63, 3.8) is 0 Å². The third-order valence-electron chi connectivity index (χ3n) is 4.06. The highest BCUT2D eigenvalue weighted by Crippen LogP contribution is 2.24. The average Bonchev–Trinajstić information content (AvgIpc) is 2.53. The second-order valence-corrected chi connectivity index (χ2v) is 5.85. The molecule has 1 aromatic carbocycles. The minimum absolute atomic E-state index is 0.661. The molecule has 3 N–H and O–H groups in total. The number of aryl methyl sites for hydroxylation is 1. The maximum Gasteiger partial charge on any atom is 0.153 e. The molecule has 0 unspecified atom stereocenters. The van der Waals surface area contributed by atoms with Gasteiger partial charge in [0.25, 0.3) is 0 Å². The Morgan fingerprint density at radius 1 is 1.00 bits per heavy atom. The Morgan fingerprint density at radius 2 is 1.68 bits per heavy atom. The summed E-state index contributed by atoms with van der Waals surface area (Å²) in [5.41, 5.74) is 9.84. The second kappa shape index (κ2) is 6.23. The van der Waals surface area contributed by atoms with Crippen LogP contribution in [-0.2, 0) is 0 Å². The van der Waals surface area contributed by atoms with Gasteiger partial charge in [0.15, 0.2) is 5.82 Å². The van der Waals surface area contributed by atoms with E-state index in [0.717, 1.165) is 37.6 Å². The molecular formula is C17H23N5. The first-order valence-electron chi connectivity index (χ1n) is 7.65. The lowest BCUT2D eigenvalue weighted by atomic mass is 10.2. The molecule has 116 valence electrons. The lowest BCUT2D eigenvalue weighted by Gasteiger charge is -2.34. The lowest BCUT2D eigenvalue weighted by Crippen LogP contribution is -2.44. The predicted molar refractivity (Wildman–Crippen MR) is 92.8 cm³/mol. The number of pyridine rings is 1. The van der Waals surface area contributed by atoms with Gasteiger partial charge in [0.1, 0.15) is 0 Å². The fourth-order valence-corrected chi connectivity index (χ4v) is 2.62. The van der Waals surface area contributed by atoms with Gasteiger partial charge >= 0.3 is 0 Å². The molecule has 1 aromatic heterocycles. The van der Waals surface area contributed by atoms with Gasteiger partial charge in [-0.3, -0.25) is 0 Å². The van der Waals surface area contributed by atoms with Crippen molar-refractivity contribution in [3.8, 4) is 0 Å². The van der Waals surface area contributed by atoms with Gasteiger partial charge in [-0.2, -0.15) is 0 Å². The highest BCUT2D eigenvalue weighted by atomic mass is 15.2. The summed E-state index contributed by atoms with van der Waals surface area (Å²) in [5, 5.41) is 3.29. The zero-order valence-electron chi connectivity index (χ0n) is 13.2. The van der Waals surface area contributed by atoms with Crippen molar-refractivity contribution < 1.29 is 0 Å². The molecule has 1 fully saturated rings. The summed E-state index contributed by atoms with van der Waals surface area (Å²) in [7, 11) is 2.17. The van der Waals surface area contributed by atoms with Crippen molar-refractivity contribution >= 4 is 22.9 Å². The smallest absolute Gasteiger partial charge is 0.153 e. The van der Waals surface area contributed by atoms with Crippen LogP contribution in [0, 0.1) is 6.92 Å². The summed E-state index contributed by atoms with van der Waals surface area (Å²) in [5.74, 6) is 0.715. The van der Waals surface area contributed by atoms with Crippen molar-refractivity contribution in [2.75, 3.05) is 49.2 Å². The number of hydrogen-bond acceptors (Lipinski definition) is 5. The fourth-order valence-electron chi connectivity index (χ4n) is 2.62. The molecular weight excluding hydrogens is 274 g/mol. The van der Waals surface area contributed by atoms with E-state index >= 15 is 0 Å². The van der Waals surface area contributed by atoms with Gasteiger partial charge < -0.3 is 20.9 Å². The monoisotopic (exact) mass is 297 g/mol. The van der Waals surface area contributed by atoms with Crippen LogP contribution in [0.5, 0.6) is 0 Å². The number of nitrogen functional groups attached to an aromatic ring is 1. The molecule has 0 amide bonds. The van der Waals surface area contributed by atoms with Crippen LogP contribution in [0.4, 0.5) is 22.9 Å². The van der Waals surface area contributed by atoms with E-state index in [1.54, 1.807) is 0 Å². The van der Waals surface area contributed by atoms with E-state index in [1.807, 2.05) is 19.1 Å². The molecule has 0 bridgehead atoms. The van der Waals surface area contributed by atoms with Crippen LogP contribution >= 0.6 is 0 Å². The van der Waals surface area contributed by atoms with Crippen LogP contribution in [0.1, 0.15) is 5.69 Å². The van der Waals surface area contributed by atoms with E-state index in [-0.39, 0.29) is 0 Å². The average molecular weight is 297 g/mol. The third-order valence-corrected chi connectivity index (χ3v) is 4.06. The van der Waals surface area contributed by atoms with E-state index < -0.39 is 0 Å². The van der Waals surface area contributed by atoms with E-state index in [1.165, 1.54) is 5.69 Å². The summed E-state index contributed by atoms with van der Waals surface area (Å²) < 4.78 is 0. The van der Waals surface area contributed by atoms with Gasteiger partial charge in [0, 0.05) is 43.2 Å². The molecule has 1 aliphatic rings. The number of hydrogen-bond donors (Lipinski definition) is 2. The zero-order valence-corrected chi connectivity index (χ0v) is 13.2. The number of nitrogens with one attached hydrogen (secondary N) is 1. The Labute approximate surface area is 131 Å². The fraction of sp³-hybridized carbons (Fsp3) is 0.353. The molecule has 5 heteroatoms. The summed E-state index contributed by atoms with van der Waals surface area (Å²) in [6, 6.07) is 12.3. The summed E-state index contributed by atoms with van der Waals surface area (Å²) in [6.45, 7) is 6.35. The van der Waals surface area contributed by atoms with Gasteiger partial charge in [-0.25, -0.2) is 4.98 Å². The predicted octanol–water partition coefficient (Wildman–Crippen LogP) is 2.47. The topological polar surface area (TPSA) is 57.4 Å². The molecule has 3 rings (SSSR count). The molecule has 5 nitrogen and oxygen atoms in total. The van der Waals surface area contributed by atoms with Crippen LogP contribution in [0.25, 0.3) is 0 Å². The second-order valence-electron chi connectivity index (χ2n) is 5.85. The number of likely N-dealkylation sites (N-methyl/N-ethyl adjacent to an activating group) is 1.